The van der Waals surface area contributed by atoms with Gasteiger partial charge in [0, 0.05) is 32.2 Å². The summed E-state index contributed by atoms with van der Waals surface area (Å²) in [5.74, 6) is 0.779. The molecule has 0 fully saturated rings. The second-order valence-electron chi connectivity index (χ2n) is 13.0. The number of aliphatic hydroxyl groups excluding tert-OH is 1. The molecule has 0 unspecified atom stereocenters. The molecule has 0 aliphatic carbocycles. The van der Waals surface area contributed by atoms with Crippen molar-refractivity contribution in [1.82, 2.24) is 4.98 Å². The van der Waals surface area contributed by atoms with Gasteiger partial charge in [-0.25, -0.2) is 4.39 Å². The molecule has 1 aromatic heterocycles. The molecule has 0 saturated heterocycles. The Morgan fingerprint density at radius 2 is 1.34 bits per heavy atom. The van der Waals surface area contributed by atoms with Gasteiger partial charge in [-0.05, 0) is 112 Å². The predicted octanol–water partition coefficient (Wildman–Crippen LogP) is 12.6. The zero-order valence-corrected chi connectivity index (χ0v) is 32.6. The second kappa shape index (κ2) is 17.2. The Morgan fingerprint density at radius 1 is 0.740 bits per heavy atom. The number of carbonyl (C=O) groups excluding carboxylic acids is 1. The third-order valence-electron chi connectivity index (χ3n) is 10.0. The molecule has 6 rings (SSSR count). The van der Waals surface area contributed by atoms with Gasteiger partial charge in [-0.1, -0.05) is 83.1 Å². The van der Waals surface area contributed by atoms with Gasteiger partial charge in [0.1, 0.15) is 11.6 Å². The van der Waals surface area contributed by atoms with Crippen molar-refractivity contribution in [2.45, 2.75) is 74.1 Å². The van der Waals surface area contributed by atoms with Crippen LogP contribution in [0.3, 0.4) is 0 Å². The molecule has 6 aromatic rings. The Labute approximate surface area is 310 Å². The molecular formula is C45H48FIrNO2. The van der Waals surface area contributed by atoms with Crippen molar-refractivity contribution < 1.29 is 34.4 Å². The average molecular weight is 846 g/mol. The number of aryl methyl sites for hydroxylation is 3. The topological polar surface area (TPSA) is 54.5 Å². The van der Waals surface area contributed by atoms with Crippen molar-refractivity contribution in [3.63, 3.8) is 0 Å². The van der Waals surface area contributed by atoms with Gasteiger partial charge >= 0.3 is 5.78 Å². The van der Waals surface area contributed by atoms with Crippen LogP contribution in [0.25, 0.3) is 54.7 Å². The molecular weight excluding hydrogens is 798 g/mol. The summed E-state index contributed by atoms with van der Waals surface area (Å²) >= 11 is 0. The normalized spacial score (nSPS) is 11.6. The third kappa shape index (κ3) is 8.06. The fourth-order valence-corrected chi connectivity index (χ4v) is 6.99. The minimum Gasteiger partial charge on any atom is -0.512 e. The van der Waals surface area contributed by atoms with Gasteiger partial charge in [0.15, 0.2) is 0 Å². The first-order valence-electron chi connectivity index (χ1n) is 17.6. The molecule has 1 radical (unpaired) electrons. The number of pyridine rings is 1. The van der Waals surface area contributed by atoms with E-state index in [1.165, 1.54) is 50.2 Å². The number of aliphatic hydroxyl groups is 1. The number of benzene rings is 5. The van der Waals surface area contributed by atoms with Crippen molar-refractivity contribution in [2.24, 2.45) is 11.8 Å². The molecule has 261 valence electrons. The number of allylic oxidation sites excluding steroid dienone is 2. The first-order chi connectivity index (χ1) is 23.6. The fraction of sp³-hybridized carbons (Fsp3) is 0.289. The Hall–Kier alpha value is -4.18. The van der Waals surface area contributed by atoms with Crippen LogP contribution in [0.4, 0.5) is 4.39 Å². The van der Waals surface area contributed by atoms with Gasteiger partial charge in [0.05, 0.1) is 12.0 Å². The number of fused-ring (bicyclic) bond motifs is 5. The van der Waals surface area contributed by atoms with E-state index < -0.39 is 0 Å². The smallest absolute Gasteiger partial charge is 0.322 e. The molecule has 3 nitrogen and oxygen atoms in total. The Kier molecular flexibility index (Phi) is 13.3. The number of ketones is 1. The number of hydrogen-bond donors (Lipinski definition) is 1. The van der Waals surface area contributed by atoms with Gasteiger partial charge in [0.2, 0.25) is 0 Å². The molecule has 5 heteroatoms. The Bertz CT molecular complexity index is 2140. The van der Waals surface area contributed by atoms with Gasteiger partial charge in [-0.15, -0.1) is 34.9 Å². The standard InChI is InChI=1S/C32H23FN.C13H24O2.Ir/c1-19-16-23(22-8-10-25(33)11-9-22)18-24(17-19)32-30-13-12-28-27-7-5-4-6-26(27)20(2)21(3)31(28)29(30)14-15-34-32;1-5-10(6-2)12(14)9-13(15)11(7-3)8-4;/h4-16,18H,1-3H3;9-11,14H,5-8H2,1-4H3;/q-1;;/p+1/b;12-9-;. The number of aromatic nitrogens is 1. The minimum absolute atomic E-state index is 0. The van der Waals surface area contributed by atoms with Crippen molar-refractivity contribution in [3.05, 3.63) is 125 Å². The van der Waals surface area contributed by atoms with Crippen molar-refractivity contribution in [3.8, 4) is 22.4 Å². The number of rotatable bonds is 9. The van der Waals surface area contributed by atoms with Gasteiger partial charge in [-0.3, -0.25) is 4.79 Å². The number of hydrogen-bond acceptors (Lipinski definition) is 2. The summed E-state index contributed by atoms with van der Waals surface area (Å²) in [6, 6.07) is 29.5. The molecule has 1 heterocycles. The van der Waals surface area contributed by atoms with Crippen LogP contribution in [0.1, 0.15) is 70.1 Å². The molecule has 50 heavy (non-hydrogen) atoms. The van der Waals surface area contributed by atoms with Gasteiger partial charge in [0.25, 0.3) is 0 Å². The van der Waals surface area contributed by atoms with Crippen LogP contribution in [-0.2, 0) is 20.1 Å². The fourth-order valence-electron chi connectivity index (χ4n) is 6.99. The average Bonchev–Trinajstić information content (AvgIpc) is 3.11. The van der Waals surface area contributed by atoms with Crippen LogP contribution in [0, 0.1) is 44.5 Å². The molecule has 0 bridgehead atoms. The molecule has 0 amide bonds. The summed E-state index contributed by atoms with van der Waals surface area (Å²) in [6.07, 6.45) is 7.10. The van der Waals surface area contributed by atoms with E-state index in [0.29, 0.717) is 11.5 Å². The SMILES string of the molecule is CCC(CC)C(=[OH+])/C=C(\O)C(CC)CC.Cc1[c-]c(-c2nccc3c2ccc2c4ccccc4c(C)c(C)c32)cc(-c2ccc(F)cc2)c1.[Ir]. The zero-order valence-electron chi connectivity index (χ0n) is 30.2. The maximum absolute atomic E-state index is 13.5. The third-order valence-corrected chi connectivity index (χ3v) is 10.0. The van der Waals surface area contributed by atoms with E-state index in [-0.39, 0.29) is 37.8 Å². The Balaban J connectivity index is 0.000000301. The van der Waals surface area contributed by atoms with E-state index in [1.54, 1.807) is 6.08 Å². The van der Waals surface area contributed by atoms with Crippen LogP contribution >= 0.6 is 0 Å². The van der Waals surface area contributed by atoms with E-state index in [2.05, 4.69) is 74.5 Å². The van der Waals surface area contributed by atoms with Crippen molar-refractivity contribution in [2.75, 3.05) is 0 Å². The minimum atomic E-state index is -0.232. The molecule has 0 atom stereocenters. The largest absolute Gasteiger partial charge is 0.512 e. The van der Waals surface area contributed by atoms with E-state index in [1.807, 2.05) is 52.9 Å². The van der Waals surface area contributed by atoms with Crippen molar-refractivity contribution >= 4 is 38.1 Å². The van der Waals surface area contributed by atoms with Crippen LogP contribution in [0.2, 0.25) is 0 Å². The summed E-state index contributed by atoms with van der Waals surface area (Å²) in [5.41, 5.74) is 7.50. The van der Waals surface area contributed by atoms with Crippen LogP contribution in [-0.4, -0.2) is 20.7 Å². The number of halogens is 1. The first-order valence-corrected chi connectivity index (χ1v) is 17.6. The quantitative estimate of drug-likeness (QED) is 0.0518. The Morgan fingerprint density at radius 3 is 1.98 bits per heavy atom. The molecule has 2 N–H and O–H groups in total. The summed E-state index contributed by atoms with van der Waals surface area (Å²) in [6.45, 7) is 14.7. The molecule has 0 spiro atoms. The zero-order chi connectivity index (χ0) is 35.2. The van der Waals surface area contributed by atoms with Gasteiger partial charge < -0.3 is 10.1 Å². The van der Waals surface area contributed by atoms with Crippen LogP contribution < -0.4 is 0 Å². The molecule has 5 aromatic carbocycles. The van der Waals surface area contributed by atoms with E-state index >= 15 is 0 Å². The molecule has 0 aliphatic heterocycles. The van der Waals surface area contributed by atoms with Crippen LogP contribution in [0.15, 0.2) is 96.9 Å². The molecule has 0 saturated carbocycles. The second-order valence-corrected chi connectivity index (χ2v) is 13.0. The van der Waals surface area contributed by atoms with Crippen LogP contribution in [0.5, 0.6) is 0 Å². The molecule has 0 aliphatic rings. The van der Waals surface area contributed by atoms with E-state index in [9.17, 15) is 14.3 Å². The summed E-state index contributed by atoms with van der Waals surface area (Å²) in [5, 5.41) is 17.2. The maximum Gasteiger partial charge on any atom is 0.322 e. The predicted molar refractivity (Wildman–Crippen MR) is 206 cm³/mol. The summed E-state index contributed by atoms with van der Waals surface area (Å²) < 4.78 is 13.5. The van der Waals surface area contributed by atoms with Crippen molar-refractivity contribution in [1.29, 1.82) is 0 Å². The first kappa shape index (κ1) is 38.6. The monoisotopic (exact) mass is 846 g/mol. The van der Waals surface area contributed by atoms with E-state index in [4.69, 9.17) is 4.98 Å². The number of nitrogens with zero attached hydrogens (tertiary/aromatic N) is 1. The van der Waals surface area contributed by atoms with E-state index in [0.717, 1.165) is 59.0 Å². The summed E-state index contributed by atoms with van der Waals surface area (Å²) in [4.78, 5) is 14.6. The van der Waals surface area contributed by atoms with Gasteiger partial charge in [-0.2, -0.15) is 0 Å². The summed E-state index contributed by atoms with van der Waals surface area (Å²) in [7, 11) is 0. The maximum atomic E-state index is 13.5.